The molecule has 100 valence electrons. The molecule has 1 fully saturated rings. The van der Waals surface area contributed by atoms with Gasteiger partial charge in [0, 0.05) is 19.3 Å². The van der Waals surface area contributed by atoms with Crippen LogP contribution in [0.3, 0.4) is 0 Å². The highest BCUT2D eigenvalue weighted by atomic mass is 19.3. The van der Waals surface area contributed by atoms with E-state index >= 15 is 0 Å². The zero-order valence-corrected chi connectivity index (χ0v) is 10.0. The summed E-state index contributed by atoms with van der Waals surface area (Å²) in [5, 5.41) is 0. The molecular formula is C13H17F2NO2. The van der Waals surface area contributed by atoms with Crippen molar-refractivity contribution in [3.05, 3.63) is 29.8 Å². The van der Waals surface area contributed by atoms with Gasteiger partial charge in [0.2, 0.25) is 0 Å². The van der Waals surface area contributed by atoms with Gasteiger partial charge in [0.05, 0.1) is 0 Å². The molecular weight excluding hydrogens is 240 g/mol. The first-order valence-electron chi connectivity index (χ1n) is 6.05. The van der Waals surface area contributed by atoms with E-state index in [2.05, 4.69) is 4.74 Å². The maximum absolute atomic E-state index is 12.1. The average molecular weight is 257 g/mol. The van der Waals surface area contributed by atoms with Gasteiger partial charge in [-0.05, 0) is 36.5 Å². The Morgan fingerprint density at radius 3 is 2.67 bits per heavy atom. The van der Waals surface area contributed by atoms with E-state index in [0.717, 1.165) is 18.4 Å². The number of alkyl halides is 2. The van der Waals surface area contributed by atoms with Crippen LogP contribution in [0.25, 0.3) is 0 Å². The van der Waals surface area contributed by atoms with Crippen molar-refractivity contribution in [2.45, 2.75) is 25.5 Å². The Kier molecular flexibility index (Phi) is 4.49. The lowest BCUT2D eigenvalue weighted by Crippen LogP contribution is -2.27. The standard InChI is InChI=1S/C13H17F2NO2/c14-13(15)18-11-3-1-2-10(8-11)12(16)9-4-6-17-7-5-9/h1-3,8-9,12-13H,4-7,16H2/t12-/m0/s1. The highest BCUT2D eigenvalue weighted by Gasteiger charge is 2.22. The maximum Gasteiger partial charge on any atom is 0.387 e. The van der Waals surface area contributed by atoms with Crippen molar-refractivity contribution in [1.82, 2.24) is 0 Å². The Bertz CT molecular complexity index is 381. The van der Waals surface area contributed by atoms with Gasteiger partial charge in [-0.2, -0.15) is 8.78 Å². The molecule has 0 spiro atoms. The van der Waals surface area contributed by atoms with E-state index in [-0.39, 0.29) is 11.8 Å². The SMILES string of the molecule is N[C@H](c1cccc(OC(F)F)c1)C1CCOCC1. The molecule has 1 aromatic carbocycles. The molecule has 1 aliphatic rings. The van der Waals surface area contributed by atoms with Crippen LogP contribution in [0.5, 0.6) is 5.75 Å². The van der Waals surface area contributed by atoms with E-state index in [4.69, 9.17) is 10.5 Å². The lowest BCUT2D eigenvalue weighted by molar-refractivity contribution is -0.0499. The first-order chi connectivity index (χ1) is 8.66. The Labute approximate surface area is 105 Å². The van der Waals surface area contributed by atoms with Crippen LogP contribution in [0, 0.1) is 5.92 Å². The molecule has 0 saturated carbocycles. The van der Waals surface area contributed by atoms with Crippen molar-refractivity contribution in [1.29, 1.82) is 0 Å². The smallest absolute Gasteiger partial charge is 0.387 e. The van der Waals surface area contributed by atoms with Crippen LogP contribution < -0.4 is 10.5 Å². The fourth-order valence-corrected chi connectivity index (χ4v) is 2.25. The number of hydrogen-bond donors (Lipinski definition) is 1. The first-order valence-corrected chi connectivity index (χ1v) is 6.05. The molecule has 0 aliphatic carbocycles. The van der Waals surface area contributed by atoms with Gasteiger partial charge in [0.1, 0.15) is 5.75 Å². The predicted octanol–water partition coefficient (Wildman–Crippen LogP) is 2.71. The van der Waals surface area contributed by atoms with Crippen LogP contribution in [0.4, 0.5) is 8.78 Å². The predicted molar refractivity (Wildman–Crippen MR) is 63.5 cm³/mol. The molecule has 5 heteroatoms. The van der Waals surface area contributed by atoms with Gasteiger partial charge in [0.15, 0.2) is 0 Å². The Balaban J connectivity index is 2.06. The summed E-state index contributed by atoms with van der Waals surface area (Å²) in [4.78, 5) is 0. The van der Waals surface area contributed by atoms with E-state index < -0.39 is 6.61 Å². The van der Waals surface area contributed by atoms with Crippen LogP contribution >= 0.6 is 0 Å². The van der Waals surface area contributed by atoms with Crippen molar-refractivity contribution < 1.29 is 18.3 Å². The summed E-state index contributed by atoms with van der Waals surface area (Å²) >= 11 is 0. The van der Waals surface area contributed by atoms with Gasteiger partial charge in [-0.1, -0.05) is 12.1 Å². The molecule has 1 aromatic rings. The third kappa shape index (κ3) is 3.40. The number of benzene rings is 1. The Morgan fingerprint density at radius 1 is 1.28 bits per heavy atom. The van der Waals surface area contributed by atoms with Crippen LogP contribution in [0.2, 0.25) is 0 Å². The van der Waals surface area contributed by atoms with Crippen LogP contribution in [0.1, 0.15) is 24.4 Å². The van der Waals surface area contributed by atoms with E-state index in [1.54, 1.807) is 12.1 Å². The average Bonchev–Trinajstić information content (AvgIpc) is 2.38. The minimum absolute atomic E-state index is 0.157. The summed E-state index contributed by atoms with van der Waals surface area (Å²) in [6.07, 6.45) is 1.81. The highest BCUT2D eigenvalue weighted by molar-refractivity contribution is 5.30. The van der Waals surface area contributed by atoms with E-state index in [1.807, 2.05) is 6.07 Å². The minimum atomic E-state index is -2.81. The fourth-order valence-electron chi connectivity index (χ4n) is 2.25. The Hall–Kier alpha value is -1.20. The number of rotatable bonds is 4. The van der Waals surface area contributed by atoms with Gasteiger partial charge in [-0.15, -0.1) is 0 Å². The largest absolute Gasteiger partial charge is 0.435 e. The molecule has 0 radical (unpaired) electrons. The normalized spacial score (nSPS) is 18.9. The van der Waals surface area contributed by atoms with Crippen molar-refractivity contribution >= 4 is 0 Å². The molecule has 0 unspecified atom stereocenters. The number of nitrogens with two attached hydrogens (primary N) is 1. The van der Waals surface area contributed by atoms with Crippen molar-refractivity contribution in [2.75, 3.05) is 13.2 Å². The molecule has 0 aromatic heterocycles. The lowest BCUT2D eigenvalue weighted by atomic mass is 9.88. The molecule has 3 nitrogen and oxygen atoms in total. The van der Waals surface area contributed by atoms with Crippen LogP contribution in [0.15, 0.2) is 24.3 Å². The quantitative estimate of drug-likeness (QED) is 0.902. The van der Waals surface area contributed by atoms with Crippen molar-refractivity contribution in [3.63, 3.8) is 0 Å². The molecule has 18 heavy (non-hydrogen) atoms. The summed E-state index contributed by atoms with van der Waals surface area (Å²) in [7, 11) is 0. The lowest BCUT2D eigenvalue weighted by Gasteiger charge is -2.28. The zero-order valence-electron chi connectivity index (χ0n) is 10.0. The molecule has 1 heterocycles. The summed E-state index contributed by atoms with van der Waals surface area (Å²) < 4.78 is 33.9. The summed E-state index contributed by atoms with van der Waals surface area (Å²) in [5.41, 5.74) is 7.00. The van der Waals surface area contributed by atoms with E-state index in [1.165, 1.54) is 6.07 Å². The third-order valence-electron chi connectivity index (χ3n) is 3.24. The van der Waals surface area contributed by atoms with Crippen LogP contribution in [-0.2, 0) is 4.74 Å². The van der Waals surface area contributed by atoms with E-state index in [0.29, 0.717) is 19.1 Å². The van der Waals surface area contributed by atoms with E-state index in [9.17, 15) is 8.78 Å². The van der Waals surface area contributed by atoms with Gasteiger partial charge >= 0.3 is 6.61 Å². The second-order valence-electron chi connectivity index (χ2n) is 4.43. The van der Waals surface area contributed by atoms with Crippen molar-refractivity contribution in [2.24, 2.45) is 11.7 Å². The Morgan fingerprint density at radius 2 is 2.00 bits per heavy atom. The van der Waals surface area contributed by atoms with Gasteiger partial charge in [-0.25, -0.2) is 0 Å². The summed E-state index contributed by atoms with van der Waals surface area (Å²) in [6.45, 7) is -1.38. The highest BCUT2D eigenvalue weighted by Crippen LogP contribution is 2.29. The topological polar surface area (TPSA) is 44.5 Å². The monoisotopic (exact) mass is 257 g/mol. The van der Waals surface area contributed by atoms with Gasteiger partial charge in [-0.3, -0.25) is 0 Å². The maximum atomic E-state index is 12.1. The molecule has 0 bridgehead atoms. The second kappa shape index (κ2) is 6.11. The molecule has 0 amide bonds. The van der Waals surface area contributed by atoms with Crippen molar-refractivity contribution in [3.8, 4) is 5.75 Å². The molecule has 2 rings (SSSR count). The fraction of sp³-hybridized carbons (Fsp3) is 0.538. The first kappa shape index (κ1) is 13.2. The van der Waals surface area contributed by atoms with Gasteiger partial charge in [0.25, 0.3) is 0 Å². The van der Waals surface area contributed by atoms with Crippen LogP contribution in [-0.4, -0.2) is 19.8 Å². The molecule has 1 atom stereocenters. The minimum Gasteiger partial charge on any atom is -0.435 e. The second-order valence-corrected chi connectivity index (χ2v) is 4.43. The molecule has 1 aliphatic heterocycles. The third-order valence-corrected chi connectivity index (χ3v) is 3.24. The molecule has 1 saturated heterocycles. The summed E-state index contributed by atoms with van der Waals surface area (Å²) in [5.74, 6) is 0.491. The number of halogens is 2. The number of ether oxygens (including phenoxy) is 2. The number of hydrogen-bond acceptors (Lipinski definition) is 3. The molecule has 2 N–H and O–H groups in total. The summed E-state index contributed by atoms with van der Waals surface area (Å²) in [6, 6.07) is 6.47. The zero-order chi connectivity index (χ0) is 13.0. The van der Waals surface area contributed by atoms with Gasteiger partial charge < -0.3 is 15.2 Å².